The molecule has 0 radical (unpaired) electrons. The zero-order chi connectivity index (χ0) is 21.0. The van der Waals surface area contributed by atoms with Gasteiger partial charge in [0.25, 0.3) is 0 Å². The number of hydrogen-bond donors (Lipinski definition) is 0. The molecule has 0 amide bonds. The third-order valence-corrected chi connectivity index (χ3v) is 2.55. The van der Waals surface area contributed by atoms with Crippen molar-refractivity contribution in [3.05, 3.63) is 0 Å². The van der Waals surface area contributed by atoms with E-state index in [4.69, 9.17) is 38.9 Å². The molecule has 27 N–H and O–H groups in total. The number of halogens is 9. The second-order valence-corrected chi connectivity index (χ2v) is 6.81. The second-order valence-electron chi connectivity index (χ2n) is 2.70. The first kappa shape index (κ1) is 84.0. The SMILES string of the molecule is O=S(=O)([O-])C(F)(F)F.O=S(=O)([O-])C(F)(F)F.O=S(=O)([O-])C(F)(F)F.[La+3].[OH3+].[OH3+].[OH3+].[OH3+].[OH3+].[OH3+].[OH3+].[OH3+].[OH3+]. The molecule has 34 heavy (non-hydrogen) atoms. The van der Waals surface area contributed by atoms with Crippen molar-refractivity contribution in [3.8, 4) is 0 Å². The van der Waals surface area contributed by atoms with E-state index >= 15 is 0 Å². The van der Waals surface area contributed by atoms with Crippen LogP contribution >= 0.6 is 0 Å². The van der Waals surface area contributed by atoms with E-state index in [-0.39, 0.29) is 84.9 Å². The van der Waals surface area contributed by atoms with Crippen LogP contribution in [-0.2, 0) is 79.6 Å². The monoisotopic (exact) mass is 757 g/mol. The van der Waals surface area contributed by atoms with Gasteiger partial charge < -0.3 is 62.9 Å². The van der Waals surface area contributed by atoms with Gasteiger partial charge in [0, 0.05) is 0 Å². The van der Waals surface area contributed by atoms with E-state index in [1.54, 1.807) is 0 Å². The fourth-order valence-electron chi connectivity index (χ4n) is 0. The molecular formula is C3H27F9LaO18S3+9. The van der Waals surface area contributed by atoms with Crippen molar-refractivity contribution in [3.63, 3.8) is 0 Å². The third-order valence-electron chi connectivity index (χ3n) is 0.850. The quantitative estimate of drug-likeness (QED) is 0.0978. The van der Waals surface area contributed by atoms with E-state index in [0.29, 0.717) is 0 Å². The Morgan fingerprint density at radius 1 is 0.353 bits per heavy atom. The molecular weight excluding hydrogens is 730 g/mol. The molecule has 0 aliphatic heterocycles. The van der Waals surface area contributed by atoms with Crippen molar-refractivity contribution in [2.45, 2.75) is 16.5 Å². The summed E-state index contributed by atoms with van der Waals surface area (Å²) in [5.74, 6) is 0. The number of rotatable bonds is 0. The number of alkyl halides is 9. The predicted octanol–water partition coefficient (Wildman–Crippen LogP) is -8.14. The van der Waals surface area contributed by atoms with Crippen molar-refractivity contribution in [1.82, 2.24) is 0 Å². The first-order valence-corrected chi connectivity index (χ1v) is 8.04. The molecule has 0 aromatic heterocycles. The van der Waals surface area contributed by atoms with Gasteiger partial charge in [0.15, 0.2) is 30.4 Å². The summed E-state index contributed by atoms with van der Waals surface area (Å²) in [5.41, 5.74) is -16.9. The van der Waals surface area contributed by atoms with E-state index < -0.39 is 46.9 Å². The molecule has 0 aliphatic rings. The van der Waals surface area contributed by atoms with Crippen molar-refractivity contribution >= 4 is 30.4 Å². The van der Waals surface area contributed by atoms with E-state index in [0.717, 1.165) is 0 Å². The van der Waals surface area contributed by atoms with Gasteiger partial charge in [-0.25, -0.2) is 25.3 Å². The van der Waals surface area contributed by atoms with Gasteiger partial charge in [0.1, 0.15) is 0 Å². The molecule has 222 valence electrons. The van der Waals surface area contributed by atoms with Crippen LogP contribution in [0.4, 0.5) is 39.5 Å². The topological polar surface area (TPSA) is 469 Å². The molecule has 0 aromatic carbocycles. The van der Waals surface area contributed by atoms with Gasteiger partial charge in [0.2, 0.25) is 0 Å². The van der Waals surface area contributed by atoms with Crippen LogP contribution in [0.2, 0.25) is 0 Å². The Hall–Kier alpha value is -0.0652. The molecule has 0 unspecified atom stereocenters. The Kier molecular flexibility index (Phi) is 64.3. The van der Waals surface area contributed by atoms with Crippen LogP contribution in [0.3, 0.4) is 0 Å². The summed E-state index contributed by atoms with van der Waals surface area (Å²) >= 11 is 0. The van der Waals surface area contributed by atoms with E-state index in [2.05, 4.69) is 0 Å². The summed E-state index contributed by atoms with van der Waals surface area (Å²) in [4.78, 5) is 0. The smallest absolute Gasteiger partial charge is 0.741 e. The fraction of sp³-hybridized carbons (Fsp3) is 1.00. The van der Waals surface area contributed by atoms with Gasteiger partial charge in [-0.3, -0.25) is 0 Å². The zero-order valence-electron chi connectivity index (χ0n) is 15.6. The summed E-state index contributed by atoms with van der Waals surface area (Å²) in [6, 6.07) is 0. The van der Waals surface area contributed by atoms with E-state index in [9.17, 15) is 39.5 Å². The summed E-state index contributed by atoms with van der Waals surface area (Å²) in [5, 5.41) is 0. The van der Waals surface area contributed by atoms with Gasteiger partial charge in [-0.1, -0.05) is 0 Å². The average molecular weight is 757 g/mol. The minimum atomic E-state index is -6.09. The van der Waals surface area contributed by atoms with Crippen LogP contribution in [0.25, 0.3) is 0 Å². The van der Waals surface area contributed by atoms with Crippen molar-refractivity contribution < 1.29 is 163 Å². The Morgan fingerprint density at radius 2 is 0.382 bits per heavy atom. The molecule has 0 rings (SSSR count). The van der Waals surface area contributed by atoms with Crippen LogP contribution < -0.4 is 0 Å². The average Bonchev–Trinajstić information content (AvgIpc) is 2.08. The molecule has 0 saturated heterocycles. The fourth-order valence-corrected chi connectivity index (χ4v) is 0. The largest absolute Gasteiger partial charge is 3.00 e. The maximum atomic E-state index is 10.7. The standard InChI is InChI=1S/3CHF3O3S.La.9H2O/c3*2-1(3,4)8(5,6)7;;;;;;;;;;/h3*(H,5,6,7);;9*1H2/q;;;+3;;;;;;;;;/p+6. The van der Waals surface area contributed by atoms with Gasteiger partial charge in [0.05, 0.1) is 0 Å². The first-order valence-electron chi connectivity index (χ1n) is 3.81. The van der Waals surface area contributed by atoms with E-state index in [1.165, 1.54) is 0 Å². The molecule has 0 saturated carbocycles. The van der Waals surface area contributed by atoms with Crippen LogP contribution in [-0.4, -0.2) is 55.4 Å². The Labute approximate surface area is 209 Å². The minimum absolute atomic E-state index is 0. The van der Waals surface area contributed by atoms with Gasteiger partial charge in [-0.05, 0) is 0 Å². The Bertz CT molecular complexity index is 607. The third kappa shape index (κ3) is 42.1. The Morgan fingerprint density at radius 3 is 0.382 bits per heavy atom. The zero-order valence-corrected chi connectivity index (χ0v) is 21.6. The van der Waals surface area contributed by atoms with Gasteiger partial charge >= 0.3 is 52.1 Å². The molecule has 0 fully saturated rings. The van der Waals surface area contributed by atoms with Crippen LogP contribution in [0.5, 0.6) is 0 Å². The normalized spacial score (nSPS) is 9.88. The molecule has 0 atom stereocenters. The summed E-state index contributed by atoms with van der Waals surface area (Å²) in [7, 11) is -18.3. The first-order chi connectivity index (χ1) is 9.75. The van der Waals surface area contributed by atoms with Gasteiger partial charge in [-0.15, -0.1) is 0 Å². The maximum Gasteiger partial charge on any atom is 3.00 e. The van der Waals surface area contributed by atoms with Gasteiger partial charge in [-0.2, -0.15) is 39.5 Å². The number of hydrogen-bond acceptors (Lipinski definition) is 9. The van der Waals surface area contributed by atoms with Crippen LogP contribution in [0.15, 0.2) is 0 Å². The molecule has 0 spiro atoms. The van der Waals surface area contributed by atoms with Crippen LogP contribution in [0, 0.1) is 35.6 Å². The van der Waals surface area contributed by atoms with Crippen molar-refractivity contribution in [2.24, 2.45) is 0 Å². The molecule has 0 heterocycles. The predicted molar refractivity (Wildman–Crippen MR) is 91.1 cm³/mol. The maximum absolute atomic E-state index is 10.7. The summed E-state index contributed by atoms with van der Waals surface area (Å²) in [6.07, 6.45) is 0. The minimum Gasteiger partial charge on any atom is -0.741 e. The van der Waals surface area contributed by atoms with E-state index in [1.807, 2.05) is 0 Å². The molecule has 31 heteroatoms. The Balaban J connectivity index is -0.0000000154. The van der Waals surface area contributed by atoms with Crippen molar-refractivity contribution in [2.75, 3.05) is 0 Å². The molecule has 0 aromatic rings. The molecule has 0 aliphatic carbocycles. The summed E-state index contributed by atoms with van der Waals surface area (Å²) < 4.78 is 177. The molecule has 0 bridgehead atoms. The molecule has 18 nitrogen and oxygen atoms in total. The van der Waals surface area contributed by atoms with Crippen molar-refractivity contribution in [1.29, 1.82) is 0 Å². The summed E-state index contributed by atoms with van der Waals surface area (Å²) in [6.45, 7) is 0. The second kappa shape index (κ2) is 26.0. The van der Waals surface area contributed by atoms with Crippen LogP contribution in [0.1, 0.15) is 0 Å².